The fourth-order valence-electron chi connectivity index (χ4n) is 2.27. The first-order valence-corrected chi connectivity index (χ1v) is 7.78. The highest BCUT2D eigenvalue weighted by atomic mass is 32.2. The molecule has 16 heavy (non-hydrogen) atoms. The molecule has 1 heterocycles. The molecule has 0 amide bonds. The number of hydrogen-bond donors (Lipinski definition) is 1. The monoisotopic (exact) mass is 248 g/mol. The molecule has 0 saturated carbocycles. The summed E-state index contributed by atoms with van der Waals surface area (Å²) in [6.07, 6.45) is 2.04. The van der Waals surface area contributed by atoms with Gasteiger partial charge in [0.2, 0.25) is 10.0 Å². The molecule has 96 valence electrons. The highest BCUT2D eigenvalue weighted by molar-refractivity contribution is 7.89. The van der Waals surface area contributed by atoms with E-state index in [1.54, 1.807) is 4.31 Å². The molecule has 4 nitrogen and oxygen atoms in total. The maximum atomic E-state index is 12.2. The van der Waals surface area contributed by atoms with Crippen LogP contribution in [0.2, 0.25) is 0 Å². The molecule has 1 rings (SSSR count). The smallest absolute Gasteiger partial charge is 0.214 e. The lowest BCUT2D eigenvalue weighted by molar-refractivity contribution is 0.282. The van der Waals surface area contributed by atoms with Crippen LogP contribution in [0, 0.1) is 5.92 Å². The zero-order valence-electron chi connectivity index (χ0n) is 10.6. The van der Waals surface area contributed by atoms with Gasteiger partial charge in [-0.1, -0.05) is 20.3 Å². The van der Waals surface area contributed by atoms with Crippen molar-refractivity contribution in [3.63, 3.8) is 0 Å². The summed E-state index contributed by atoms with van der Waals surface area (Å²) in [5, 5.41) is 3.21. The van der Waals surface area contributed by atoms with E-state index in [1.165, 1.54) is 0 Å². The fourth-order valence-corrected chi connectivity index (χ4v) is 4.34. The highest BCUT2D eigenvalue weighted by Gasteiger charge is 2.30. The molecular weight excluding hydrogens is 224 g/mol. The van der Waals surface area contributed by atoms with Crippen molar-refractivity contribution < 1.29 is 8.42 Å². The van der Waals surface area contributed by atoms with Crippen LogP contribution < -0.4 is 5.32 Å². The first-order valence-electron chi connectivity index (χ1n) is 6.17. The number of rotatable bonds is 5. The summed E-state index contributed by atoms with van der Waals surface area (Å²) in [6, 6.07) is 0.0903. The van der Waals surface area contributed by atoms with E-state index in [0.717, 1.165) is 25.9 Å². The van der Waals surface area contributed by atoms with E-state index in [1.807, 2.05) is 13.8 Å². The standard InChI is InChI=1S/C11H24N2O2S/c1-4-5-10(2)9-16(14,15)13-7-6-12-8-11(13)3/h10-12H,4-9H2,1-3H3. The van der Waals surface area contributed by atoms with Gasteiger partial charge >= 0.3 is 0 Å². The van der Waals surface area contributed by atoms with Crippen molar-refractivity contribution in [1.82, 2.24) is 9.62 Å². The van der Waals surface area contributed by atoms with Gasteiger partial charge in [0.25, 0.3) is 0 Å². The van der Waals surface area contributed by atoms with Gasteiger partial charge in [-0.2, -0.15) is 4.31 Å². The molecular formula is C11H24N2O2S. The number of hydrogen-bond acceptors (Lipinski definition) is 3. The zero-order valence-corrected chi connectivity index (χ0v) is 11.4. The third-order valence-corrected chi connectivity index (χ3v) is 5.32. The summed E-state index contributed by atoms with van der Waals surface area (Å²) >= 11 is 0. The summed E-state index contributed by atoms with van der Waals surface area (Å²) in [5.41, 5.74) is 0. The van der Waals surface area contributed by atoms with Crippen LogP contribution >= 0.6 is 0 Å². The van der Waals surface area contributed by atoms with E-state index in [-0.39, 0.29) is 12.0 Å². The van der Waals surface area contributed by atoms with Crippen LogP contribution in [0.4, 0.5) is 0 Å². The van der Waals surface area contributed by atoms with Crippen molar-refractivity contribution in [2.45, 2.75) is 39.7 Å². The predicted octanol–water partition coefficient (Wildman–Crippen LogP) is 1.05. The lowest BCUT2D eigenvalue weighted by Crippen LogP contribution is -2.53. The van der Waals surface area contributed by atoms with Crippen LogP contribution in [0.15, 0.2) is 0 Å². The molecule has 5 heteroatoms. The lowest BCUT2D eigenvalue weighted by atomic mass is 10.1. The Morgan fingerprint density at radius 2 is 2.19 bits per heavy atom. The summed E-state index contributed by atoms with van der Waals surface area (Å²) in [4.78, 5) is 0. The van der Waals surface area contributed by atoms with E-state index < -0.39 is 10.0 Å². The quantitative estimate of drug-likeness (QED) is 0.791. The average Bonchev–Trinajstić information content (AvgIpc) is 2.17. The number of nitrogens with one attached hydrogen (secondary N) is 1. The van der Waals surface area contributed by atoms with Gasteiger partial charge in [-0.3, -0.25) is 0 Å². The molecule has 0 aliphatic carbocycles. The van der Waals surface area contributed by atoms with Crippen molar-refractivity contribution in [2.24, 2.45) is 5.92 Å². The highest BCUT2D eigenvalue weighted by Crippen LogP contribution is 2.15. The second kappa shape index (κ2) is 5.98. The minimum atomic E-state index is -3.06. The summed E-state index contributed by atoms with van der Waals surface area (Å²) in [6.45, 7) is 8.23. The van der Waals surface area contributed by atoms with Gasteiger partial charge in [0.05, 0.1) is 5.75 Å². The van der Waals surface area contributed by atoms with Gasteiger partial charge in [0.1, 0.15) is 0 Å². The Morgan fingerprint density at radius 3 is 2.75 bits per heavy atom. The Morgan fingerprint density at radius 1 is 1.50 bits per heavy atom. The number of piperazine rings is 1. The third kappa shape index (κ3) is 3.71. The first kappa shape index (κ1) is 13.9. The van der Waals surface area contributed by atoms with Crippen molar-refractivity contribution >= 4 is 10.0 Å². The van der Waals surface area contributed by atoms with E-state index >= 15 is 0 Å². The van der Waals surface area contributed by atoms with Gasteiger partial charge in [-0.05, 0) is 19.3 Å². The first-order chi connectivity index (χ1) is 7.47. The fraction of sp³-hybridized carbons (Fsp3) is 1.00. The minimum Gasteiger partial charge on any atom is -0.314 e. The Hall–Kier alpha value is -0.130. The molecule has 1 aliphatic rings. The minimum absolute atomic E-state index is 0.0903. The maximum absolute atomic E-state index is 12.2. The van der Waals surface area contributed by atoms with Gasteiger partial charge in [0, 0.05) is 25.7 Å². The third-order valence-electron chi connectivity index (χ3n) is 3.07. The van der Waals surface area contributed by atoms with Crippen LogP contribution in [-0.2, 0) is 10.0 Å². The Kier molecular flexibility index (Phi) is 5.21. The predicted molar refractivity (Wildman–Crippen MR) is 66.9 cm³/mol. The zero-order chi connectivity index (χ0) is 12.2. The van der Waals surface area contributed by atoms with Crippen LogP contribution in [0.1, 0.15) is 33.6 Å². The molecule has 0 spiro atoms. The van der Waals surface area contributed by atoms with E-state index in [2.05, 4.69) is 12.2 Å². The molecule has 0 aromatic carbocycles. The van der Waals surface area contributed by atoms with E-state index in [9.17, 15) is 8.42 Å². The topological polar surface area (TPSA) is 49.4 Å². The second-order valence-corrected chi connectivity index (χ2v) is 6.80. The molecule has 0 aromatic heterocycles. The van der Waals surface area contributed by atoms with Crippen molar-refractivity contribution in [3.8, 4) is 0 Å². The molecule has 2 unspecified atom stereocenters. The van der Waals surface area contributed by atoms with Gasteiger partial charge in [0.15, 0.2) is 0 Å². The van der Waals surface area contributed by atoms with E-state index in [0.29, 0.717) is 12.3 Å². The maximum Gasteiger partial charge on any atom is 0.214 e. The normalized spacial score (nSPS) is 25.6. The van der Waals surface area contributed by atoms with E-state index in [4.69, 9.17) is 0 Å². The molecule has 1 saturated heterocycles. The number of sulfonamides is 1. The lowest BCUT2D eigenvalue weighted by Gasteiger charge is -2.33. The molecule has 0 bridgehead atoms. The SMILES string of the molecule is CCCC(C)CS(=O)(=O)N1CCNCC1C. The summed E-state index contributed by atoms with van der Waals surface area (Å²) in [5.74, 6) is 0.558. The van der Waals surface area contributed by atoms with Crippen molar-refractivity contribution in [2.75, 3.05) is 25.4 Å². The second-order valence-electron chi connectivity index (χ2n) is 4.84. The van der Waals surface area contributed by atoms with Crippen LogP contribution in [0.25, 0.3) is 0 Å². The summed E-state index contributed by atoms with van der Waals surface area (Å²) in [7, 11) is -3.06. The Balaban J connectivity index is 2.61. The molecule has 0 radical (unpaired) electrons. The Labute approximate surface area is 99.5 Å². The molecule has 2 atom stereocenters. The summed E-state index contributed by atoms with van der Waals surface area (Å²) < 4.78 is 26.0. The van der Waals surface area contributed by atoms with Crippen LogP contribution in [0.5, 0.6) is 0 Å². The number of nitrogens with zero attached hydrogens (tertiary/aromatic N) is 1. The van der Waals surface area contributed by atoms with Gasteiger partial charge in [-0.25, -0.2) is 8.42 Å². The largest absolute Gasteiger partial charge is 0.314 e. The Bertz CT molecular complexity index is 303. The van der Waals surface area contributed by atoms with Crippen LogP contribution in [0.3, 0.4) is 0 Å². The molecule has 1 aliphatic heterocycles. The molecule has 1 fully saturated rings. The van der Waals surface area contributed by atoms with Crippen molar-refractivity contribution in [3.05, 3.63) is 0 Å². The van der Waals surface area contributed by atoms with Crippen molar-refractivity contribution in [1.29, 1.82) is 0 Å². The van der Waals surface area contributed by atoms with Gasteiger partial charge < -0.3 is 5.32 Å². The van der Waals surface area contributed by atoms with Crippen LogP contribution in [-0.4, -0.2) is 44.2 Å². The molecule has 1 N–H and O–H groups in total. The average molecular weight is 248 g/mol. The van der Waals surface area contributed by atoms with Gasteiger partial charge in [-0.15, -0.1) is 0 Å². The molecule has 0 aromatic rings.